The van der Waals surface area contributed by atoms with E-state index in [0.717, 1.165) is 35.5 Å². The summed E-state index contributed by atoms with van der Waals surface area (Å²) in [5.74, 6) is 0.0887. The number of nitrogens with one attached hydrogen (secondary N) is 2. The summed E-state index contributed by atoms with van der Waals surface area (Å²) in [6, 6.07) is 8.03. The lowest BCUT2D eigenvalue weighted by molar-refractivity contribution is -0.278. The van der Waals surface area contributed by atoms with Gasteiger partial charge >= 0.3 is 0 Å². The van der Waals surface area contributed by atoms with Crippen molar-refractivity contribution in [2.75, 3.05) is 39.8 Å². The Morgan fingerprint density at radius 2 is 1.71 bits per heavy atom. The molecule has 1 aromatic carbocycles. The summed E-state index contributed by atoms with van der Waals surface area (Å²) in [5, 5.41) is 50.4. The van der Waals surface area contributed by atoms with Crippen molar-refractivity contribution in [3.63, 3.8) is 0 Å². The molecule has 0 aliphatic carbocycles. The molecular formula is C32H49N5O8. The number of carbonyl (C=O) groups is 2. The van der Waals surface area contributed by atoms with Crippen molar-refractivity contribution in [3.8, 4) is 5.88 Å². The van der Waals surface area contributed by atoms with Gasteiger partial charge < -0.3 is 45.0 Å². The quantitative estimate of drug-likeness (QED) is 0.191. The lowest BCUT2D eigenvalue weighted by Crippen LogP contribution is -2.60. The molecule has 45 heavy (non-hydrogen) atoms. The predicted molar refractivity (Wildman–Crippen MR) is 166 cm³/mol. The Bertz CT molecular complexity index is 1270. The van der Waals surface area contributed by atoms with Gasteiger partial charge in [-0.25, -0.2) is 0 Å². The van der Waals surface area contributed by atoms with Crippen molar-refractivity contribution in [1.82, 2.24) is 25.3 Å². The number of amides is 2. The molecule has 2 amide bonds. The van der Waals surface area contributed by atoms with E-state index in [9.17, 15) is 30.0 Å². The number of ether oxygens (including phenoxy) is 2. The van der Waals surface area contributed by atoms with Crippen LogP contribution in [0, 0.1) is 0 Å². The first-order chi connectivity index (χ1) is 21.3. The van der Waals surface area contributed by atoms with Gasteiger partial charge in [-0.3, -0.25) is 14.7 Å². The highest BCUT2D eigenvalue weighted by molar-refractivity contribution is 5.90. The van der Waals surface area contributed by atoms with Crippen molar-refractivity contribution < 1.29 is 39.5 Å². The standard InChI is InChI=1S/C32H49N5O8/c1-19(2)25-22(29(35-34-25)45-30-28(42)27(41)26(40)23(18-38)44-30)17-21-11-9-20(10-12-21)7-6-8-24(39)33-32(3,4)31(43)37-15-13-36(5)14-16-37/h9-12,19,23,26-28,30,38,40-42H,6-8,13-18H2,1-5H3,(H,33,39)(H,34,35)/t23-,26-,27+,28-,30+/m1/s1. The summed E-state index contributed by atoms with van der Waals surface area (Å²) < 4.78 is 11.4. The summed E-state index contributed by atoms with van der Waals surface area (Å²) in [5.41, 5.74) is 2.72. The van der Waals surface area contributed by atoms with Crippen LogP contribution in [0.1, 0.15) is 68.8 Å². The summed E-state index contributed by atoms with van der Waals surface area (Å²) in [6.07, 6.45) is -4.88. The minimum Gasteiger partial charge on any atom is -0.443 e. The highest BCUT2D eigenvalue weighted by Crippen LogP contribution is 2.31. The Balaban J connectivity index is 1.32. The third kappa shape index (κ3) is 8.60. The molecule has 2 aliphatic heterocycles. The summed E-state index contributed by atoms with van der Waals surface area (Å²) >= 11 is 0. The van der Waals surface area contributed by atoms with Crippen LogP contribution in [-0.2, 0) is 27.2 Å². The fraction of sp³-hybridized carbons (Fsp3) is 0.656. The lowest BCUT2D eigenvalue weighted by atomic mass is 9.97. The molecule has 0 spiro atoms. The Morgan fingerprint density at radius 1 is 1.07 bits per heavy atom. The zero-order chi connectivity index (χ0) is 32.9. The number of aliphatic hydroxyl groups excluding tert-OH is 4. The number of H-pyrrole nitrogens is 1. The SMILES string of the molecule is CC(C)c1[nH]nc(O[C@@H]2O[C@H](CO)[C@@H](O)[C@H](O)[C@H]2O)c1Cc1ccc(CCCC(=O)NC(C)(C)C(=O)N2CCN(C)CC2)cc1. The van der Waals surface area contributed by atoms with Crippen molar-refractivity contribution in [1.29, 1.82) is 0 Å². The second-order valence-corrected chi connectivity index (χ2v) is 13.0. The van der Waals surface area contributed by atoms with Crippen molar-refractivity contribution >= 4 is 11.8 Å². The van der Waals surface area contributed by atoms with Gasteiger partial charge in [-0.2, -0.15) is 0 Å². The number of nitrogens with zero attached hydrogens (tertiary/aromatic N) is 3. The first-order valence-electron chi connectivity index (χ1n) is 15.7. The molecule has 2 saturated heterocycles. The van der Waals surface area contributed by atoms with Crippen LogP contribution in [0.2, 0.25) is 0 Å². The fourth-order valence-corrected chi connectivity index (χ4v) is 5.73. The molecule has 4 rings (SSSR count). The van der Waals surface area contributed by atoms with Gasteiger partial charge in [0.2, 0.25) is 24.0 Å². The predicted octanol–water partition coefficient (Wildman–Crippen LogP) is 0.294. The van der Waals surface area contributed by atoms with Gasteiger partial charge in [0.25, 0.3) is 0 Å². The number of rotatable bonds is 12. The summed E-state index contributed by atoms with van der Waals surface area (Å²) in [4.78, 5) is 29.7. The molecule has 0 saturated carbocycles. The number of aryl methyl sites for hydroxylation is 1. The van der Waals surface area contributed by atoms with Gasteiger partial charge in [0.15, 0.2) is 0 Å². The number of aromatic nitrogens is 2. The van der Waals surface area contributed by atoms with Crippen molar-refractivity contribution in [2.45, 2.75) is 95.5 Å². The number of aromatic amines is 1. The van der Waals surface area contributed by atoms with E-state index in [1.165, 1.54) is 0 Å². The minimum atomic E-state index is -1.55. The Kier molecular flexibility index (Phi) is 11.6. The number of likely N-dealkylation sites (N-methyl/N-ethyl adjacent to an activating group) is 1. The van der Waals surface area contributed by atoms with E-state index in [1.54, 1.807) is 13.8 Å². The van der Waals surface area contributed by atoms with Gasteiger partial charge in [-0.15, -0.1) is 5.10 Å². The topological polar surface area (TPSA) is 181 Å². The van der Waals surface area contributed by atoms with Gasteiger partial charge in [0.05, 0.1) is 6.61 Å². The first kappa shape index (κ1) is 34.8. The molecule has 0 unspecified atom stereocenters. The van der Waals surface area contributed by atoms with Gasteiger partial charge in [0, 0.05) is 50.3 Å². The van der Waals surface area contributed by atoms with Crippen LogP contribution >= 0.6 is 0 Å². The lowest BCUT2D eigenvalue weighted by Gasteiger charge is -2.39. The second-order valence-electron chi connectivity index (χ2n) is 13.0. The van der Waals surface area contributed by atoms with E-state index in [0.29, 0.717) is 38.8 Å². The first-order valence-corrected chi connectivity index (χ1v) is 15.7. The Labute approximate surface area is 264 Å². The molecule has 2 aromatic rings. The molecule has 6 N–H and O–H groups in total. The Hall–Kier alpha value is -3.07. The van der Waals surface area contributed by atoms with E-state index in [-0.39, 0.29) is 23.6 Å². The van der Waals surface area contributed by atoms with E-state index in [4.69, 9.17) is 9.47 Å². The van der Waals surface area contributed by atoms with E-state index < -0.39 is 42.9 Å². The molecule has 2 aliphatic rings. The van der Waals surface area contributed by atoms with Gasteiger partial charge in [-0.05, 0) is 50.8 Å². The van der Waals surface area contributed by atoms with Crippen molar-refractivity contribution in [2.24, 2.45) is 0 Å². The highest BCUT2D eigenvalue weighted by Gasteiger charge is 2.45. The van der Waals surface area contributed by atoms with Crippen LogP contribution in [0.5, 0.6) is 5.88 Å². The smallest absolute Gasteiger partial charge is 0.247 e. The number of carbonyl (C=O) groups excluding carboxylic acids is 2. The number of hydrogen-bond donors (Lipinski definition) is 6. The zero-order valence-corrected chi connectivity index (χ0v) is 26.9. The summed E-state index contributed by atoms with van der Waals surface area (Å²) in [7, 11) is 2.03. The molecule has 3 heterocycles. The molecule has 1 aromatic heterocycles. The Morgan fingerprint density at radius 3 is 2.33 bits per heavy atom. The van der Waals surface area contributed by atoms with E-state index in [1.807, 2.05) is 50.1 Å². The molecule has 0 bridgehead atoms. The minimum absolute atomic E-state index is 0.0560. The van der Waals surface area contributed by atoms with Crippen LogP contribution < -0.4 is 10.1 Å². The van der Waals surface area contributed by atoms with Crippen LogP contribution in [0.4, 0.5) is 0 Å². The highest BCUT2D eigenvalue weighted by atomic mass is 16.7. The molecular weight excluding hydrogens is 582 g/mol. The monoisotopic (exact) mass is 631 g/mol. The molecule has 5 atom stereocenters. The maximum Gasteiger partial charge on any atom is 0.247 e. The molecule has 250 valence electrons. The third-order valence-electron chi connectivity index (χ3n) is 8.56. The normalized spacial score (nSPS) is 24.6. The second kappa shape index (κ2) is 15.0. The molecule has 0 radical (unpaired) electrons. The number of aliphatic hydroxyl groups is 4. The summed E-state index contributed by atoms with van der Waals surface area (Å²) in [6.45, 7) is 9.97. The molecule has 13 nitrogen and oxygen atoms in total. The molecule has 13 heteroatoms. The zero-order valence-electron chi connectivity index (χ0n) is 26.9. The maximum absolute atomic E-state index is 13.0. The third-order valence-corrected chi connectivity index (χ3v) is 8.56. The average Bonchev–Trinajstić information content (AvgIpc) is 3.40. The number of hydrogen-bond acceptors (Lipinski definition) is 10. The average molecular weight is 632 g/mol. The van der Waals surface area contributed by atoms with Crippen molar-refractivity contribution in [3.05, 3.63) is 46.6 Å². The number of benzene rings is 1. The van der Waals surface area contributed by atoms with Gasteiger partial charge in [0.1, 0.15) is 30.0 Å². The maximum atomic E-state index is 13.0. The van der Waals surface area contributed by atoms with Crippen LogP contribution in [0.3, 0.4) is 0 Å². The van der Waals surface area contributed by atoms with Crippen LogP contribution in [0.15, 0.2) is 24.3 Å². The van der Waals surface area contributed by atoms with Crippen LogP contribution in [0.25, 0.3) is 0 Å². The van der Waals surface area contributed by atoms with Crippen LogP contribution in [-0.4, -0.2) is 128 Å². The number of piperazine rings is 1. The van der Waals surface area contributed by atoms with E-state index >= 15 is 0 Å². The van der Waals surface area contributed by atoms with E-state index in [2.05, 4.69) is 20.4 Å². The fourth-order valence-electron chi connectivity index (χ4n) is 5.73. The molecule has 2 fully saturated rings. The van der Waals surface area contributed by atoms with Gasteiger partial charge in [-0.1, -0.05) is 38.1 Å². The largest absolute Gasteiger partial charge is 0.443 e.